The van der Waals surface area contributed by atoms with Crippen LogP contribution in [0.15, 0.2) is 0 Å². The molecule has 0 unspecified atom stereocenters. The minimum atomic E-state index is 0.615. The van der Waals surface area contributed by atoms with Gasteiger partial charge in [0.05, 0.1) is 36.8 Å². The zero-order chi connectivity index (χ0) is 15.6. The molecular formula is C13H27B7. The van der Waals surface area contributed by atoms with Gasteiger partial charge in [-0.05, 0) is 24.3 Å². The Bertz CT molecular complexity index is 482. The minimum absolute atomic E-state index is 0.615. The lowest BCUT2D eigenvalue weighted by atomic mass is 9.02. The van der Waals surface area contributed by atoms with Crippen LogP contribution in [-0.2, 0) is 0 Å². The topological polar surface area (TPSA) is 0 Å². The third kappa shape index (κ3) is 3.12. The summed E-state index contributed by atoms with van der Waals surface area (Å²) in [5, 5.41) is 0. The standard InChI is InChI=1S/C13H27B7/c1-6(2)9-8(5)13(20(17)19-16)10(7(3)4)12(18-15)11(9)14/h6-7,18-19H,14-17H2,1-5H3. The molecule has 0 aliphatic heterocycles. The van der Waals surface area contributed by atoms with E-state index in [1.165, 1.54) is 7.06 Å². The molecule has 0 fully saturated rings. The second-order valence-electron chi connectivity index (χ2n) is 6.94. The van der Waals surface area contributed by atoms with E-state index in [1.54, 1.807) is 33.1 Å². The molecule has 0 atom stereocenters. The van der Waals surface area contributed by atoms with Crippen molar-refractivity contribution in [2.75, 3.05) is 0 Å². The maximum Gasteiger partial charge on any atom is 0.138 e. The molecule has 0 N–H and O–H groups in total. The van der Waals surface area contributed by atoms with Crippen molar-refractivity contribution in [3.8, 4) is 0 Å². The first kappa shape index (κ1) is 17.7. The summed E-state index contributed by atoms with van der Waals surface area (Å²) in [4.78, 5) is 0. The number of hydrogen-bond donors (Lipinski definition) is 0. The Morgan fingerprint density at radius 3 is 1.85 bits per heavy atom. The van der Waals surface area contributed by atoms with Gasteiger partial charge in [0.1, 0.15) is 15.0 Å². The summed E-state index contributed by atoms with van der Waals surface area (Å²) in [6, 6.07) is 0. The molecule has 0 amide bonds. The molecule has 1 rings (SSSR count). The van der Waals surface area contributed by atoms with Crippen molar-refractivity contribution in [1.82, 2.24) is 0 Å². The molecule has 20 heavy (non-hydrogen) atoms. The summed E-state index contributed by atoms with van der Waals surface area (Å²) in [6.07, 6.45) is 0. The zero-order valence-corrected chi connectivity index (χ0v) is 15.1. The number of rotatable bonds is 5. The first-order valence-corrected chi connectivity index (χ1v) is 8.43. The van der Waals surface area contributed by atoms with E-state index in [-0.39, 0.29) is 0 Å². The van der Waals surface area contributed by atoms with Crippen LogP contribution >= 0.6 is 0 Å². The lowest BCUT2D eigenvalue weighted by molar-refractivity contribution is 0.853. The average Bonchev–Trinajstić information content (AvgIpc) is 2.36. The predicted octanol–water partition coefficient (Wildman–Crippen LogP) is -3.58. The highest BCUT2D eigenvalue weighted by molar-refractivity contribution is 7.50. The van der Waals surface area contributed by atoms with E-state index >= 15 is 0 Å². The quantitative estimate of drug-likeness (QED) is 0.480. The number of hydrogen-bond acceptors (Lipinski definition) is 0. The monoisotopic (exact) mass is 260 g/mol. The van der Waals surface area contributed by atoms with E-state index in [4.69, 9.17) is 0 Å². The van der Waals surface area contributed by atoms with Gasteiger partial charge < -0.3 is 0 Å². The Kier molecular flexibility index (Phi) is 6.29. The molecule has 0 aliphatic rings. The highest BCUT2D eigenvalue weighted by Gasteiger charge is 2.24. The van der Waals surface area contributed by atoms with E-state index in [0.29, 0.717) is 18.3 Å². The van der Waals surface area contributed by atoms with Gasteiger partial charge in [-0.1, -0.05) is 55.2 Å². The van der Waals surface area contributed by atoms with E-state index in [9.17, 15) is 0 Å². The highest BCUT2D eigenvalue weighted by atomic mass is 14.2. The van der Waals surface area contributed by atoms with Crippen LogP contribution in [-0.4, -0.2) is 51.8 Å². The zero-order valence-electron chi connectivity index (χ0n) is 15.1. The number of benzene rings is 1. The maximum atomic E-state index is 2.40. The molecule has 0 aliphatic carbocycles. The van der Waals surface area contributed by atoms with Gasteiger partial charge in [-0.2, -0.15) is 0 Å². The summed E-state index contributed by atoms with van der Waals surface area (Å²) in [7, 11) is 11.7. The fourth-order valence-corrected chi connectivity index (χ4v) is 3.98. The lowest BCUT2D eigenvalue weighted by Crippen LogP contribution is -2.51. The van der Waals surface area contributed by atoms with E-state index in [1.807, 2.05) is 0 Å². The second kappa shape index (κ2) is 7.10. The first-order chi connectivity index (χ1) is 9.27. The van der Waals surface area contributed by atoms with Gasteiger partial charge in [0.2, 0.25) is 0 Å². The maximum absolute atomic E-state index is 2.40. The van der Waals surface area contributed by atoms with Gasteiger partial charge in [0, 0.05) is 0 Å². The van der Waals surface area contributed by atoms with Crippen molar-refractivity contribution in [3.05, 3.63) is 16.7 Å². The average molecular weight is 259 g/mol. The van der Waals surface area contributed by atoms with Crippen molar-refractivity contribution in [1.29, 1.82) is 0 Å². The Morgan fingerprint density at radius 2 is 1.50 bits per heavy atom. The molecule has 1 aromatic carbocycles. The van der Waals surface area contributed by atoms with E-state index in [0.717, 1.165) is 7.17 Å². The van der Waals surface area contributed by atoms with Crippen molar-refractivity contribution in [3.63, 3.8) is 0 Å². The molecule has 0 aromatic heterocycles. The van der Waals surface area contributed by atoms with Crippen LogP contribution < -0.4 is 16.4 Å². The Hall–Kier alpha value is -0.325. The minimum Gasteiger partial charge on any atom is -0.0965 e. The summed E-state index contributed by atoms with van der Waals surface area (Å²) in [5.74, 6) is 1.23. The van der Waals surface area contributed by atoms with Crippen LogP contribution in [0, 0.1) is 6.92 Å². The molecule has 0 nitrogen and oxygen atoms in total. The molecule has 7 heteroatoms. The summed E-state index contributed by atoms with van der Waals surface area (Å²) in [5.41, 5.74) is 9.62. The molecule has 0 bridgehead atoms. The third-order valence-electron chi connectivity index (χ3n) is 4.89. The van der Waals surface area contributed by atoms with E-state index in [2.05, 4.69) is 65.7 Å². The fourth-order valence-electron chi connectivity index (χ4n) is 3.98. The molecule has 0 saturated heterocycles. The Morgan fingerprint density at radius 1 is 1.00 bits per heavy atom. The van der Waals surface area contributed by atoms with Gasteiger partial charge in [0.15, 0.2) is 0 Å². The largest absolute Gasteiger partial charge is 0.138 e. The molecule has 100 valence electrons. The molecular weight excluding hydrogens is 232 g/mol. The van der Waals surface area contributed by atoms with Crippen LogP contribution in [0.5, 0.6) is 0 Å². The molecule has 0 spiro atoms. The van der Waals surface area contributed by atoms with Gasteiger partial charge in [-0.25, -0.2) is 0 Å². The third-order valence-corrected chi connectivity index (χ3v) is 4.89. The normalized spacial score (nSPS) is 10.9. The summed E-state index contributed by atoms with van der Waals surface area (Å²) in [6.45, 7) is 12.4. The van der Waals surface area contributed by atoms with Gasteiger partial charge in [-0.3, -0.25) is 0 Å². The van der Waals surface area contributed by atoms with Crippen molar-refractivity contribution >= 4 is 68.2 Å². The van der Waals surface area contributed by atoms with Crippen molar-refractivity contribution in [2.45, 2.75) is 46.5 Å². The molecule has 1 aromatic rings. The molecule has 0 radical (unpaired) electrons. The second-order valence-corrected chi connectivity index (χ2v) is 6.94. The summed E-state index contributed by atoms with van der Waals surface area (Å²) < 4.78 is 0. The van der Waals surface area contributed by atoms with Crippen LogP contribution in [0.2, 0.25) is 0 Å². The molecule has 0 saturated carbocycles. The SMILES string of the molecule is BBB(B)c1c(C)c(C(C)C)c(B)c(BB)c1C(C)C. The van der Waals surface area contributed by atoms with Crippen molar-refractivity contribution in [2.24, 2.45) is 0 Å². The van der Waals surface area contributed by atoms with Crippen LogP contribution in [0.3, 0.4) is 0 Å². The van der Waals surface area contributed by atoms with Crippen LogP contribution in [0.1, 0.15) is 56.2 Å². The van der Waals surface area contributed by atoms with Gasteiger partial charge in [-0.15, -0.1) is 0 Å². The Balaban J connectivity index is 3.82. The smallest absolute Gasteiger partial charge is 0.0965 e. The van der Waals surface area contributed by atoms with Crippen LogP contribution in [0.25, 0.3) is 0 Å². The van der Waals surface area contributed by atoms with Gasteiger partial charge in [0.25, 0.3) is 0 Å². The molecule has 0 heterocycles. The van der Waals surface area contributed by atoms with E-state index < -0.39 is 0 Å². The first-order valence-electron chi connectivity index (χ1n) is 8.43. The Labute approximate surface area is 131 Å². The lowest BCUT2D eigenvalue weighted by Gasteiger charge is -2.30. The highest BCUT2D eigenvalue weighted by Crippen LogP contribution is 2.19. The van der Waals surface area contributed by atoms with Crippen LogP contribution in [0.4, 0.5) is 0 Å². The van der Waals surface area contributed by atoms with Crippen molar-refractivity contribution < 1.29 is 0 Å². The van der Waals surface area contributed by atoms with Gasteiger partial charge >= 0.3 is 0 Å². The predicted molar refractivity (Wildman–Crippen MR) is 112 cm³/mol. The summed E-state index contributed by atoms with van der Waals surface area (Å²) >= 11 is 0. The fraction of sp³-hybridized carbons (Fsp3) is 0.538.